The maximum absolute atomic E-state index is 13.9. The molecule has 0 aliphatic carbocycles. The number of aliphatic hydroxyl groups is 3. The second kappa shape index (κ2) is 15.6. The van der Waals surface area contributed by atoms with Gasteiger partial charge in [0.1, 0.15) is 24.4 Å². The summed E-state index contributed by atoms with van der Waals surface area (Å²) in [6.45, 7) is 12.5. The van der Waals surface area contributed by atoms with Crippen LogP contribution in [0.25, 0.3) is 0 Å². The molecule has 1 unspecified atom stereocenters. The first kappa shape index (κ1) is 38.3. The van der Waals surface area contributed by atoms with Crippen LogP contribution in [0.2, 0.25) is 0 Å². The van der Waals surface area contributed by atoms with Gasteiger partial charge in [0.2, 0.25) is 0 Å². The van der Waals surface area contributed by atoms with Gasteiger partial charge in [-0.05, 0) is 67.1 Å². The summed E-state index contributed by atoms with van der Waals surface area (Å²) in [6.07, 6.45) is -3.58. The smallest absolute Gasteiger partial charge is 0.311 e. The highest BCUT2D eigenvalue weighted by atomic mass is 16.7. The lowest BCUT2D eigenvalue weighted by molar-refractivity contribution is -0.301. The quantitative estimate of drug-likeness (QED) is 0.352. The number of hydrogen-bond donors (Lipinski definition) is 3. The Morgan fingerprint density at radius 3 is 2.25 bits per heavy atom. The van der Waals surface area contributed by atoms with Crippen molar-refractivity contribution < 1.29 is 53.4 Å². The molecule has 2 aliphatic rings. The molecule has 12 heteroatoms. The number of Topliss-reactive ketones (excluding diaryl/α,β-unsaturated/α-hetero) is 1. The average Bonchev–Trinajstić information content (AvgIpc) is 2.95. The Hall–Kier alpha value is -1.93. The van der Waals surface area contributed by atoms with Gasteiger partial charge >= 0.3 is 11.9 Å². The summed E-state index contributed by atoms with van der Waals surface area (Å²) in [4.78, 5) is 40.8. The van der Waals surface area contributed by atoms with E-state index in [2.05, 4.69) is 0 Å². The van der Waals surface area contributed by atoms with Crippen molar-refractivity contribution in [3.63, 3.8) is 0 Å². The largest absolute Gasteiger partial charge is 0.461 e. The molecule has 12 atom stereocenters. The maximum atomic E-state index is 13.9. The fourth-order valence-corrected chi connectivity index (χ4v) is 6.40. The van der Waals surface area contributed by atoms with Gasteiger partial charge in [0.25, 0.3) is 0 Å². The lowest BCUT2D eigenvalue weighted by Crippen LogP contribution is -2.59. The molecule has 2 aliphatic heterocycles. The number of rotatable bonds is 7. The molecule has 44 heavy (non-hydrogen) atoms. The Balaban J connectivity index is 2.68. The lowest BCUT2D eigenvalue weighted by atomic mass is 9.76. The first-order valence-electron chi connectivity index (χ1n) is 15.5. The minimum absolute atomic E-state index is 0.0370. The predicted molar refractivity (Wildman–Crippen MR) is 161 cm³/mol. The first-order chi connectivity index (χ1) is 20.3. The van der Waals surface area contributed by atoms with Crippen LogP contribution in [0, 0.1) is 17.8 Å². The van der Waals surface area contributed by atoms with Crippen molar-refractivity contribution in [3.8, 4) is 0 Å². The number of nitrogens with zero attached hydrogens (tertiary/aromatic N) is 1. The number of ketones is 1. The van der Waals surface area contributed by atoms with E-state index >= 15 is 0 Å². The molecule has 0 amide bonds. The molecule has 0 bridgehead atoms. The van der Waals surface area contributed by atoms with Crippen molar-refractivity contribution in [2.24, 2.45) is 17.8 Å². The molecular weight excluding hydrogens is 574 g/mol. The molecule has 0 saturated carbocycles. The summed E-state index contributed by atoms with van der Waals surface area (Å²) >= 11 is 0. The van der Waals surface area contributed by atoms with Crippen molar-refractivity contribution in [1.82, 2.24) is 4.90 Å². The van der Waals surface area contributed by atoms with E-state index in [0.29, 0.717) is 6.42 Å². The monoisotopic (exact) mass is 629 g/mol. The Labute approximate surface area is 262 Å². The second-order valence-corrected chi connectivity index (χ2v) is 13.3. The van der Waals surface area contributed by atoms with Crippen molar-refractivity contribution in [2.75, 3.05) is 27.8 Å². The number of ether oxygens (including phenoxy) is 5. The fourth-order valence-electron chi connectivity index (χ4n) is 6.40. The van der Waals surface area contributed by atoms with Crippen LogP contribution in [0.5, 0.6) is 0 Å². The summed E-state index contributed by atoms with van der Waals surface area (Å²) in [6, 6.07) is -0.265. The zero-order valence-electron chi connectivity index (χ0n) is 28.2. The molecule has 0 aromatic heterocycles. The van der Waals surface area contributed by atoms with Gasteiger partial charge in [-0.25, -0.2) is 0 Å². The Kier molecular flexibility index (Phi) is 13.5. The van der Waals surface area contributed by atoms with E-state index in [0.717, 1.165) is 0 Å². The number of cyclic esters (lactones) is 1. The van der Waals surface area contributed by atoms with Gasteiger partial charge in [-0.1, -0.05) is 20.8 Å². The molecule has 0 radical (unpaired) electrons. The Morgan fingerprint density at radius 1 is 1.11 bits per heavy atom. The summed E-state index contributed by atoms with van der Waals surface area (Å²) in [7, 11) is 5.18. The predicted octanol–water partition coefficient (Wildman–Crippen LogP) is 2.01. The van der Waals surface area contributed by atoms with Crippen LogP contribution in [0.4, 0.5) is 0 Å². The number of carbonyl (C=O) groups is 3. The third-order valence-electron chi connectivity index (χ3n) is 9.18. The van der Waals surface area contributed by atoms with Crippen LogP contribution in [0.1, 0.15) is 74.7 Å². The van der Waals surface area contributed by atoms with Crippen LogP contribution in [0.3, 0.4) is 0 Å². The Morgan fingerprint density at radius 2 is 1.73 bits per heavy atom. The van der Waals surface area contributed by atoms with Crippen LogP contribution in [-0.4, -0.2) is 120 Å². The zero-order chi connectivity index (χ0) is 33.7. The minimum Gasteiger partial charge on any atom is -0.461 e. The number of aliphatic hydroxyl groups excluding tert-OH is 2. The highest BCUT2D eigenvalue weighted by Gasteiger charge is 2.50. The van der Waals surface area contributed by atoms with Crippen LogP contribution in [0.15, 0.2) is 11.6 Å². The molecular formula is C32H55NO11. The van der Waals surface area contributed by atoms with Gasteiger partial charge in [-0.15, -0.1) is 0 Å². The molecule has 0 aromatic rings. The number of methoxy groups -OCH3 is 1. The molecule has 1 fully saturated rings. The van der Waals surface area contributed by atoms with E-state index in [-0.39, 0.29) is 37.2 Å². The van der Waals surface area contributed by atoms with E-state index in [1.165, 1.54) is 34.0 Å². The normalized spacial score (nSPS) is 42.7. The van der Waals surface area contributed by atoms with Crippen LogP contribution >= 0.6 is 0 Å². The van der Waals surface area contributed by atoms with Crippen molar-refractivity contribution in [3.05, 3.63) is 11.6 Å². The number of esters is 2. The highest BCUT2D eigenvalue weighted by Crippen LogP contribution is 2.38. The van der Waals surface area contributed by atoms with Gasteiger partial charge in [-0.3, -0.25) is 14.4 Å². The third kappa shape index (κ3) is 9.08. The van der Waals surface area contributed by atoms with Gasteiger partial charge in [0.15, 0.2) is 12.1 Å². The van der Waals surface area contributed by atoms with Gasteiger partial charge in [0.05, 0.1) is 29.8 Å². The van der Waals surface area contributed by atoms with E-state index in [1.54, 1.807) is 27.7 Å². The molecule has 2 rings (SSSR count). The Bertz CT molecular complexity index is 1030. The molecule has 2 heterocycles. The van der Waals surface area contributed by atoms with Gasteiger partial charge in [-0.2, -0.15) is 0 Å². The van der Waals surface area contributed by atoms with Crippen molar-refractivity contribution in [1.29, 1.82) is 0 Å². The number of carbonyl (C=O) groups excluding carboxylic acids is 3. The summed E-state index contributed by atoms with van der Waals surface area (Å²) < 4.78 is 29.5. The number of hydrogen-bond acceptors (Lipinski definition) is 12. The molecule has 1 saturated heterocycles. The van der Waals surface area contributed by atoms with E-state index in [4.69, 9.17) is 23.7 Å². The van der Waals surface area contributed by atoms with Crippen LogP contribution in [-0.2, 0) is 38.1 Å². The second-order valence-electron chi connectivity index (χ2n) is 13.3. The first-order valence-corrected chi connectivity index (χ1v) is 15.5. The summed E-state index contributed by atoms with van der Waals surface area (Å²) in [5, 5.41) is 34.2. The molecule has 0 spiro atoms. The molecule has 12 nitrogen and oxygen atoms in total. The summed E-state index contributed by atoms with van der Waals surface area (Å²) in [5.74, 6) is -4.33. The van der Waals surface area contributed by atoms with E-state index < -0.39 is 77.4 Å². The average molecular weight is 630 g/mol. The van der Waals surface area contributed by atoms with Gasteiger partial charge < -0.3 is 43.9 Å². The zero-order valence-corrected chi connectivity index (χ0v) is 28.2. The van der Waals surface area contributed by atoms with Crippen molar-refractivity contribution in [2.45, 2.75) is 129 Å². The third-order valence-corrected chi connectivity index (χ3v) is 9.18. The molecule has 254 valence electrons. The number of likely N-dealkylation sites (N-methyl/N-ethyl adjacent to an activating group) is 1. The maximum Gasteiger partial charge on any atom is 0.311 e. The van der Waals surface area contributed by atoms with E-state index in [1.807, 2.05) is 25.9 Å². The van der Waals surface area contributed by atoms with Gasteiger partial charge in [0, 0.05) is 37.5 Å². The van der Waals surface area contributed by atoms with Crippen LogP contribution < -0.4 is 0 Å². The summed E-state index contributed by atoms with van der Waals surface area (Å²) in [5.41, 5.74) is -3.00. The molecule has 0 aromatic carbocycles. The lowest BCUT2D eigenvalue weighted by Gasteiger charge is -2.47. The SMILES string of the molecule is CC[C@H]1OC(=O)[C@H](C)[C@@H](O)[C@H](C)[C@@H](OC2O[C@H](C)C[C@H](N(C)C)[C@H]2O)[C@@](C)(OC)C[C@@H](C)C(=O)/C(COC(C)=O)=C/[C@]1(C)O. The molecule has 3 N–H and O–H groups in total. The fraction of sp³-hybridized carbons (Fsp3) is 0.844. The highest BCUT2D eigenvalue weighted by molar-refractivity contribution is 5.97. The van der Waals surface area contributed by atoms with E-state index in [9.17, 15) is 29.7 Å². The topological polar surface area (TPSA) is 161 Å². The minimum atomic E-state index is -1.79. The van der Waals surface area contributed by atoms with Crippen molar-refractivity contribution >= 4 is 17.7 Å². The standard InChI is InChI=1S/C32H55NO11/c1-12-24-31(7,39)15-22(16-41-21(6)34)25(35)17(2)14-32(8,40-11)28(19(4)26(36)20(5)29(38)43-24)44-30-27(37)23(33(9)10)13-18(3)42-30/h15,17-20,23-24,26-28,30,36-37,39H,12-14,16H2,1-11H3/b22-15+/t17-,18-,19+,20-,23+,24-,26+,27-,28-,30?,31+,32+/m1/s1.